The maximum atomic E-state index is 9.80. The third-order valence-electron chi connectivity index (χ3n) is 9.73. The Bertz CT molecular complexity index is 3520. The Balaban J connectivity index is 1.23. The summed E-state index contributed by atoms with van der Waals surface area (Å²) in [5, 5.41) is 6.14. The number of benzene rings is 8. The third kappa shape index (κ3) is 3.78. The van der Waals surface area contributed by atoms with E-state index in [1.54, 1.807) is 10.6 Å². The molecule has 3 aromatic heterocycles. The van der Waals surface area contributed by atoms with Gasteiger partial charge in [-0.2, -0.15) is 0 Å². The van der Waals surface area contributed by atoms with Crippen LogP contribution in [0.2, 0.25) is 0 Å². The zero-order valence-corrected chi connectivity index (χ0v) is 25.9. The van der Waals surface area contributed by atoms with Crippen LogP contribution < -0.4 is 0 Å². The lowest BCUT2D eigenvalue weighted by Crippen LogP contribution is -1.94. The van der Waals surface area contributed by atoms with E-state index in [2.05, 4.69) is 47.0 Å². The van der Waals surface area contributed by atoms with Crippen molar-refractivity contribution in [3.63, 3.8) is 0 Å². The van der Waals surface area contributed by atoms with Crippen molar-refractivity contribution in [2.45, 2.75) is 0 Å². The van der Waals surface area contributed by atoms with Crippen molar-refractivity contribution < 1.29 is 14.0 Å². The fraction of sp³-hybridized carbons (Fsp3) is 0. The summed E-state index contributed by atoms with van der Waals surface area (Å²) in [7, 11) is 0. The summed E-state index contributed by atoms with van der Waals surface area (Å²) in [6, 6.07) is 39.8. The first-order valence-electron chi connectivity index (χ1n) is 19.7. The molecule has 0 saturated heterocycles. The number of rotatable bonds is 3. The van der Waals surface area contributed by atoms with Gasteiger partial charge >= 0.3 is 0 Å². The van der Waals surface area contributed by atoms with E-state index in [9.17, 15) is 4.11 Å². The summed E-state index contributed by atoms with van der Waals surface area (Å²) in [4.78, 5) is 0. The van der Waals surface area contributed by atoms with E-state index in [1.807, 2.05) is 78.9 Å². The summed E-state index contributed by atoms with van der Waals surface area (Å²) in [6.07, 6.45) is 0. The van der Waals surface area contributed by atoms with Crippen molar-refractivity contribution >= 4 is 76.3 Å². The summed E-state index contributed by atoms with van der Waals surface area (Å²) >= 11 is 0. The van der Waals surface area contributed by atoms with E-state index in [0.29, 0.717) is 22.4 Å². The molecule has 0 radical (unpaired) electrons. The van der Waals surface area contributed by atoms with Crippen LogP contribution in [-0.2, 0) is 0 Å². The first-order chi connectivity index (χ1) is 27.2. The Morgan fingerprint density at radius 2 is 1.22 bits per heavy atom. The second-order valence-electron chi connectivity index (χ2n) is 12.4. The lowest BCUT2D eigenvalue weighted by molar-refractivity contribution is 0.666. The molecule has 0 spiro atoms. The third-order valence-corrected chi connectivity index (χ3v) is 9.73. The smallest absolute Gasteiger partial charge is 0.159 e. The minimum Gasteiger partial charge on any atom is -0.454 e. The SMILES string of the molecule is [2H]c1c([2H])c([2H])c2c(c1[2H])c1c([2H])c(-c3ccc4c(c3)c3ccccc3n4-c3ccc4ccccc4c3)c([2H])c([2H])c1n2-c1cccc2c1oc1ccccc12. The maximum absolute atomic E-state index is 9.80. The van der Waals surface area contributed by atoms with Gasteiger partial charge in [-0.15, -0.1) is 0 Å². The molecule has 0 atom stereocenters. The van der Waals surface area contributed by atoms with E-state index in [-0.39, 0.29) is 57.6 Å². The Kier molecular flexibility index (Phi) is 4.19. The highest BCUT2D eigenvalue weighted by Crippen LogP contribution is 2.40. The number of hydrogen-bond acceptors (Lipinski definition) is 1. The quantitative estimate of drug-likeness (QED) is 0.190. The van der Waals surface area contributed by atoms with Crippen LogP contribution in [0.4, 0.5) is 0 Å². The van der Waals surface area contributed by atoms with E-state index >= 15 is 0 Å². The number of nitrogens with zero attached hydrogens (tertiary/aromatic N) is 2. The molecule has 0 N–H and O–H groups in total. The van der Waals surface area contributed by atoms with Crippen LogP contribution in [0, 0.1) is 0 Å². The first kappa shape index (κ1) is 20.6. The normalized spacial score (nSPS) is 14.1. The first-order valence-corrected chi connectivity index (χ1v) is 16.2. The van der Waals surface area contributed by atoms with E-state index in [0.717, 1.165) is 49.0 Å². The van der Waals surface area contributed by atoms with Gasteiger partial charge < -0.3 is 13.6 Å². The highest BCUT2D eigenvalue weighted by atomic mass is 16.3. The van der Waals surface area contributed by atoms with E-state index in [1.165, 1.54) is 0 Å². The van der Waals surface area contributed by atoms with E-state index in [4.69, 9.17) is 9.90 Å². The zero-order chi connectivity index (χ0) is 38.1. The molecule has 0 saturated carbocycles. The highest BCUT2D eigenvalue weighted by molar-refractivity contribution is 6.14. The van der Waals surface area contributed by atoms with Crippen LogP contribution in [0.3, 0.4) is 0 Å². The molecule has 0 aliphatic carbocycles. The lowest BCUT2D eigenvalue weighted by atomic mass is 10.0. The van der Waals surface area contributed by atoms with Gasteiger partial charge in [0.25, 0.3) is 0 Å². The summed E-state index contributed by atoms with van der Waals surface area (Å²) in [5.74, 6) is 0. The molecule has 0 bridgehead atoms. The fourth-order valence-electron chi connectivity index (χ4n) is 7.53. The molecule has 11 aromatic rings. The van der Waals surface area contributed by atoms with Gasteiger partial charge in [0, 0.05) is 38.0 Å². The van der Waals surface area contributed by atoms with Gasteiger partial charge in [0.2, 0.25) is 0 Å². The number of hydrogen-bond donors (Lipinski definition) is 0. The van der Waals surface area contributed by atoms with Crippen molar-refractivity contribution in [2.75, 3.05) is 0 Å². The molecular weight excluding hydrogens is 597 g/mol. The summed E-state index contributed by atoms with van der Waals surface area (Å²) < 4.78 is 74.7. The minimum absolute atomic E-state index is 0.0934. The van der Waals surface area contributed by atoms with Gasteiger partial charge in [0.05, 0.1) is 37.3 Å². The van der Waals surface area contributed by atoms with Gasteiger partial charge in [-0.1, -0.05) is 109 Å². The number of fused-ring (bicyclic) bond motifs is 10. The van der Waals surface area contributed by atoms with Gasteiger partial charge in [-0.25, -0.2) is 0 Å². The molecule has 0 aliphatic heterocycles. The van der Waals surface area contributed by atoms with E-state index < -0.39 is 12.1 Å². The number of para-hydroxylation sites is 4. The molecule has 0 amide bonds. The molecule has 8 aromatic carbocycles. The van der Waals surface area contributed by atoms with Crippen molar-refractivity contribution in [3.8, 4) is 22.5 Å². The van der Waals surface area contributed by atoms with Crippen LogP contribution in [0.1, 0.15) is 9.60 Å². The molecular formula is C46H28N2O. The predicted octanol–water partition coefficient (Wildman–Crippen LogP) is 12.6. The molecule has 3 nitrogen and oxygen atoms in total. The van der Waals surface area contributed by atoms with Gasteiger partial charge in [-0.05, 0) is 82.5 Å². The summed E-state index contributed by atoms with van der Waals surface area (Å²) in [6.45, 7) is 0. The molecule has 0 unspecified atom stereocenters. The Hall–Kier alpha value is -6.58. The predicted molar refractivity (Wildman–Crippen MR) is 205 cm³/mol. The zero-order valence-electron chi connectivity index (χ0n) is 32.9. The molecule has 49 heavy (non-hydrogen) atoms. The Morgan fingerprint density at radius 1 is 0.449 bits per heavy atom. The Morgan fingerprint density at radius 3 is 2.18 bits per heavy atom. The number of furan rings is 1. The van der Waals surface area contributed by atoms with Crippen LogP contribution in [0.25, 0.3) is 98.8 Å². The molecule has 3 heteroatoms. The average molecular weight is 632 g/mol. The molecule has 0 fully saturated rings. The number of aromatic nitrogens is 2. The maximum Gasteiger partial charge on any atom is 0.159 e. The molecule has 0 aliphatic rings. The van der Waals surface area contributed by atoms with Crippen LogP contribution >= 0.6 is 0 Å². The lowest BCUT2D eigenvalue weighted by Gasteiger charge is -2.10. The van der Waals surface area contributed by atoms with Gasteiger partial charge in [0.15, 0.2) is 5.58 Å². The van der Waals surface area contributed by atoms with Gasteiger partial charge in [0.1, 0.15) is 5.58 Å². The fourth-order valence-corrected chi connectivity index (χ4v) is 7.53. The van der Waals surface area contributed by atoms with Crippen molar-refractivity contribution in [1.82, 2.24) is 9.13 Å². The van der Waals surface area contributed by atoms with Crippen molar-refractivity contribution in [2.24, 2.45) is 0 Å². The Labute approximate surface area is 291 Å². The minimum atomic E-state index is -0.436. The monoisotopic (exact) mass is 631 g/mol. The average Bonchev–Trinajstić information content (AvgIpc) is 3.90. The van der Waals surface area contributed by atoms with Crippen LogP contribution in [0.15, 0.2) is 174 Å². The molecule has 228 valence electrons. The van der Waals surface area contributed by atoms with Gasteiger partial charge in [-0.3, -0.25) is 0 Å². The molecule has 3 heterocycles. The highest BCUT2D eigenvalue weighted by Gasteiger charge is 2.19. The van der Waals surface area contributed by atoms with Crippen molar-refractivity contribution in [3.05, 3.63) is 170 Å². The van der Waals surface area contributed by atoms with Crippen molar-refractivity contribution in [1.29, 1.82) is 0 Å². The topological polar surface area (TPSA) is 23.0 Å². The summed E-state index contributed by atoms with van der Waals surface area (Å²) in [5.41, 5.74) is 5.54. The largest absolute Gasteiger partial charge is 0.454 e. The second-order valence-corrected chi connectivity index (χ2v) is 12.4. The second kappa shape index (κ2) is 9.96. The van der Waals surface area contributed by atoms with Crippen LogP contribution in [-0.4, -0.2) is 9.13 Å². The molecule has 11 rings (SSSR count). The standard InChI is InChI=1S/C46H28N2O/c1-2-11-30-26-33(23-20-29(30)10-1)47-40-16-6-3-12-34(40)38-27-31(21-24-42(38)47)32-22-25-43-39(28-32)35-13-4-7-17-41(35)48(43)44-18-9-15-37-36-14-5-8-19-45(36)49-46(37)44/h1-28H/i4D,7D,13D,17D,22D,25D,28D. The van der Waals surface area contributed by atoms with Crippen LogP contribution in [0.5, 0.6) is 0 Å².